The number of methoxy groups -OCH3 is 1. The van der Waals surface area contributed by atoms with Crippen LogP contribution in [-0.4, -0.2) is 62.0 Å². The van der Waals surface area contributed by atoms with Crippen LogP contribution in [0.3, 0.4) is 0 Å². The first-order valence-electron chi connectivity index (χ1n) is 7.40. The van der Waals surface area contributed by atoms with Gasteiger partial charge in [0.25, 0.3) is 5.22 Å². The number of hydrogen-bond donors (Lipinski definition) is 1. The van der Waals surface area contributed by atoms with Gasteiger partial charge in [0.05, 0.1) is 17.3 Å². The second-order valence-electron chi connectivity index (χ2n) is 5.42. The summed E-state index contributed by atoms with van der Waals surface area (Å²) in [6.45, 7) is 1.18. The van der Waals surface area contributed by atoms with Crippen LogP contribution in [0.25, 0.3) is 0 Å². The Morgan fingerprint density at radius 2 is 2.30 bits per heavy atom. The average molecular weight is 363 g/mol. The van der Waals surface area contributed by atoms with Crippen LogP contribution in [0.4, 0.5) is 0 Å². The molecule has 1 saturated heterocycles. The maximum Gasteiger partial charge on any atom is 0.277 e. The van der Waals surface area contributed by atoms with Gasteiger partial charge in [-0.2, -0.15) is 0 Å². The second kappa shape index (κ2) is 8.65. The standard InChI is InChI=1S/C13H21N3O5S2/c1-20-5-2-4-14-11(17)8-22-13-16-15-12(21-13)7-10-3-6-23(18,19)9-10/h10H,2-9H2,1H3,(H,14,17)/t10-/m0/s1. The van der Waals surface area contributed by atoms with Gasteiger partial charge in [-0.1, -0.05) is 11.8 Å². The van der Waals surface area contributed by atoms with E-state index in [0.29, 0.717) is 37.1 Å². The Hall–Kier alpha value is -1.13. The van der Waals surface area contributed by atoms with E-state index in [2.05, 4.69) is 15.5 Å². The summed E-state index contributed by atoms with van der Waals surface area (Å²) in [4.78, 5) is 11.6. The summed E-state index contributed by atoms with van der Waals surface area (Å²) < 4.78 is 33.2. The summed E-state index contributed by atoms with van der Waals surface area (Å²) in [7, 11) is -1.28. The molecule has 1 fully saturated rings. The summed E-state index contributed by atoms with van der Waals surface area (Å²) in [5.74, 6) is 0.982. The molecule has 8 nitrogen and oxygen atoms in total. The van der Waals surface area contributed by atoms with Crippen molar-refractivity contribution in [2.75, 3.05) is 37.5 Å². The number of carbonyl (C=O) groups is 1. The van der Waals surface area contributed by atoms with Crippen molar-refractivity contribution in [1.29, 1.82) is 0 Å². The fourth-order valence-electron chi connectivity index (χ4n) is 2.28. The molecule has 2 heterocycles. The van der Waals surface area contributed by atoms with Gasteiger partial charge >= 0.3 is 0 Å². The highest BCUT2D eigenvalue weighted by atomic mass is 32.2. The van der Waals surface area contributed by atoms with Crippen molar-refractivity contribution in [1.82, 2.24) is 15.5 Å². The number of ether oxygens (including phenoxy) is 1. The molecular weight excluding hydrogens is 342 g/mol. The van der Waals surface area contributed by atoms with E-state index in [1.807, 2.05) is 0 Å². The van der Waals surface area contributed by atoms with Crippen molar-refractivity contribution in [3.05, 3.63) is 5.89 Å². The van der Waals surface area contributed by atoms with Crippen LogP contribution in [0.5, 0.6) is 0 Å². The lowest BCUT2D eigenvalue weighted by atomic mass is 10.1. The zero-order valence-corrected chi connectivity index (χ0v) is 14.6. The van der Waals surface area contributed by atoms with Crippen LogP contribution in [-0.2, 0) is 25.8 Å². The van der Waals surface area contributed by atoms with Crippen molar-refractivity contribution < 1.29 is 22.4 Å². The van der Waals surface area contributed by atoms with Gasteiger partial charge in [-0.15, -0.1) is 10.2 Å². The van der Waals surface area contributed by atoms with Crippen molar-refractivity contribution >= 4 is 27.5 Å². The maximum atomic E-state index is 11.6. The number of hydrogen-bond acceptors (Lipinski definition) is 8. The summed E-state index contributed by atoms with van der Waals surface area (Å²) in [5, 5.41) is 10.9. The molecule has 1 aliphatic heterocycles. The number of carbonyl (C=O) groups excluding carboxylic acids is 1. The molecule has 0 bridgehead atoms. The molecule has 1 aromatic heterocycles. The van der Waals surface area contributed by atoms with E-state index in [-0.39, 0.29) is 29.1 Å². The van der Waals surface area contributed by atoms with E-state index in [0.717, 1.165) is 6.42 Å². The number of rotatable bonds is 9. The van der Waals surface area contributed by atoms with Gasteiger partial charge in [-0.05, 0) is 18.8 Å². The number of aromatic nitrogens is 2. The first-order chi connectivity index (χ1) is 11.0. The molecule has 1 atom stereocenters. The molecule has 1 amide bonds. The minimum Gasteiger partial charge on any atom is -0.416 e. The molecule has 0 aromatic carbocycles. The Kier molecular flexibility index (Phi) is 6.85. The Bertz CT molecular complexity index is 617. The Morgan fingerprint density at radius 1 is 1.48 bits per heavy atom. The van der Waals surface area contributed by atoms with E-state index in [1.54, 1.807) is 7.11 Å². The molecule has 1 N–H and O–H groups in total. The lowest BCUT2D eigenvalue weighted by Gasteiger charge is -2.03. The van der Waals surface area contributed by atoms with Gasteiger partial charge in [0.2, 0.25) is 11.8 Å². The molecule has 0 spiro atoms. The molecule has 130 valence electrons. The average Bonchev–Trinajstić information content (AvgIpc) is 3.08. The van der Waals surface area contributed by atoms with Crippen molar-refractivity contribution in [2.24, 2.45) is 5.92 Å². The third-order valence-electron chi connectivity index (χ3n) is 3.41. The fraction of sp³-hybridized carbons (Fsp3) is 0.769. The van der Waals surface area contributed by atoms with E-state index in [4.69, 9.17) is 9.15 Å². The van der Waals surface area contributed by atoms with Crippen molar-refractivity contribution in [3.63, 3.8) is 0 Å². The summed E-state index contributed by atoms with van der Waals surface area (Å²) >= 11 is 1.17. The summed E-state index contributed by atoms with van der Waals surface area (Å²) in [6.07, 6.45) is 1.87. The van der Waals surface area contributed by atoms with E-state index in [1.165, 1.54) is 11.8 Å². The van der Waals surface area contributed by atoms with Gasteiger partial charge in [0.1, 0.15) is 0 Å². The molecule has 2 rings (SSSR count). The Balaban J connectivity index is 1.69. The smallest absolute Gasteiger partial charge is 0.277 e. The maximum absolute atomic E-state index is 11.6. The molecule has 0 radical (unpaired) electrons. The predicted molar refractivity (Wildman–Crippen MR) is 85.0 cm³/mol. The van der Waals surface area contributed by atoms with Crippen molar-refractivity contribution in [2.45, 2.75) is 24.5 Å². The van der Waals surface area contributed by atoms with Gasteiger partial charge < -0.3 is 14.5 Å². The normalized spacial score (nSPS) is 19.8. The summed E-state index contributed by atoms with van der Waals surface area (Å²) in [5.41, 5.74) is 0. The van der Waals surface area contributed by atoms with Crippen LogP contribution >= 0.6 is 11.8 Å². The fourth-order valence-corrected chi connectivity index (χ4v) is 4.75. The second-order valence-corrected chi connectivity index (χ2v) is 8.58. The first-order valence-corrected chi connectivity index (χ1v) is 10.2. The predicted octanol–water partition coefficient (Wildman–Crippen LogP) is 0.292. The van der Waals surface area contributed by atoms with E-state index in [9.17, 15) is 13.2 Å². The van der Waals surface area contributed by atoms with E-state index >= 15 is 0 Å². The zero-order chi connectivity index (χ0) is 16.7. The number of nitrogens with zero attached hydrogens (tertiary/aromatic N) is 2. The van der Waals surface area contributed by atoms with Gasteiger partial charge in [0, 0.05) is 26.7 Å². The van der Waals surface area contributed by atoms with E-state index < -0.39 is 9.84 Å². The number of nitrogens with one attached hydrogen (secondary N) is 1. The van der Waals surface area contributed by atoms with Crippen LogP contribution in [0.2, 0.25) is 0 Å². The third kappa shape index (κ3) is 6.48. The SMILES string of the molecule is COCCCNC(=O)CSc1nnc(C[C@@H]2CCS(=O)(=O)C2)o1. The molecule has 23 heavy (non-hydrogen) atoms. The molecule has 0 aliphatic carbocycles. The third-order valence-corrected chi connectivity index (χ3v) is 6.07. The minimum absolute atomic E-state index is 0.0439. The molecule has 1 aliphatic rings. The van der Waals surface area contributed by atoms with Crippen molar-refractivity contribution in [3.8, 4) is 0 Å². The van der Waals surface area contributed by atoms with Gasteiger partial charge in [0.15, 0.2) is 9.84 Å². The first kappa shape index (κ1) is 18.2. The number of thioether (sulfide) groups is 1. The molecule has 0 unspecified atom stereocenters. The quantitative estimate of drug-likeness (QED) is 0.492. The highest BCUT2D eigenvalue weighted by Crippen LogP contribution is 2.23. The van der Waals surface area contributed by atoms with Crippen LogP contribution in [0.15, 0.2) is 9.64 Å². The zero-order valence-electron chi connectivity index (χ0n) is 13.0. The van der Waals surface area contributed by atoms with Crippen LogP contribution in [0, 0.1) is 5.92 Å². The Morgan fingerprint density at radius 3 is 3.00 bits per heavy atom. The highest BCUT2D eigenvalue weighted by molar-refractivity contribution is 7.99. The van der Waals surface area contributed by atoms with Gasteiger partial charge in [-0.25, -0.2) is 8.42 Å². The van der Waals surface area contributed by atoms with Crippen LogP contribution < -0.4 is 5.32 Å². The monoisotopic (exact) mass is 363 g/mol. The number of amides is 1. The molecule has 10 heteroatoms. The Labute approximate surface area is 139 Å². The topological polar surface area (TPSA) is 111 Å². The minimum atomic E-state index is -2.90. The molecular formula is C13H21N3O5S2. The largest absolute Gasteiger partial charge is 0.416 e. The molecule has 1 aromatic rings. The highest BCUT2D eigenvalue weighted by Gasteiger charge is 2.29. The number of sulfone groups is 1. The lowest BCUT2D eigenvalue weighted by Crippen LogP contribution is -2.26. The van der Waals surface area contributed by atoms with Gasteiger partial charge in [-0.3, -0.25) is 4.79 Å². The summed E-state index contributed by atoms with van der Waals surface area (Å²) in [6, 6.07) is 0. The molecule has 0 saturated carbocycles. The lowest BCUT2D eigenvalue weighted by molar-refractivity contribution is -0.118. The van der Waals surface area contributed by atoms with Crippen LogP contribution in [0.1, 0.15) is 18.7 Å².